The maximum absolute atomic E-state index is 13.7. The van der Waals surface area contributed by atoms with Gasteiger partial charge in [-0.3, -0.25) is 9.78 Å². The highest BCUT2D eigenvalue weighted by atomic mass is 32.2. The molecule has 1 saturated heterocycles. The monoisotopic (exact) mass is 481 g/mol. The van der Waals surface area contributed by atoms with E-state index in [9.17, 15) is 14.0 Å². The summed E-state index contributed by atoms with van der Waals surface area (Å²) in [6.45, 7) is 8.17. The molecule has 1 aliphatic rings. The third kappa shape index (κ3) is 5.86. The van der Waals surface area contributed by atoms with Crippen LogP contribution >= 0.6 is 11.8 Å². The van der Waals surface area contributed by atoms with Crippen molar-refractivity contribution in [2.45, 2.75) is 31.3 Å². The molecule has 1 fully saturated rings. The fourth-order valence-corrected chi connectivity index (χ4v) is 4.71. The Morgan fingerprint density at radius 3 is 2.41 bits per heavy atom. The molecule has 0 spiro atoms. The number of halogens is 1. The lowest BCUT2D eigenvalue weighted by Crippen LogP contribution is -2.50. The van der Waals surface area contributed by atoms with E-state index in [1.807, 2.05) is 45.0 Å². The van der Waals surface area contributed by atoms with Gasteiger partial charge in [0.1, 0.15) is 11.4 Å². The molecular weight excluding hydrogens is 453 g/mol. The number of thioether (sulfide) groups is 1. The summed E-state index contributed by atoms with van der Waals surface area (Å²) in [6, 6.07) is 13.8. The number of benzene rings is 2. The number of aromatic nitrogens is 1. The Morgan fingerprint density at radius 1 is 1.03 bits per heavy atom. The van der Waals surface area contributed by atoms with Crippen molar-refractivity contribution in [3.05, 3.63) is 66.1 Å². The number of anilines is 1. The van der Waals surface area contributed by atoms with E-state index in [1.54, 1.807) is 23.2 Å². The Labute approximate surface area is 203 Å². The van der Waals surface area contributed by atoms with Gasteiger partial charge >= 0.3 is 6.09 Å². The molecule has 0 unspecified atom stereocenters. The van der Waals surface area contributed by atoms with Crippen LogP contribution in [0.5, 0.6) is 0 Å². The quantitative estimate of drug-likeness (QED) is 0.359. The maximum atomic E-state index is 13.7. The number of pyridine rings is 1. The predicted octanol–water partition coefficient (Wildman–Crippen LogP) is 5.41. The van der Waals surface area contributed by atoms with E-state index in [1.165, 1.54) is 23.9 Å². The van der Waals surface area contributed by atoms with E-state index in [2.05, 4.69) is 9.88 Å². The van der Waals surface area contributed by atoms with Gasteiger partial charge in [0.15, 0.2) is 5.78 Å². The summed E-state index contributed by atoms with van der Waals surface area (Å²) in [5.41, 5.74) is 1.85. The number of fused-ring (bicyclic) bond motifs is 1. The number of hydrogen-bond acceptors (Lipinski definition) is 6. The first-order valence-electron chi connectivity index (χ1n) is 11.2. The third-order valence-corrected chi connectivity index (χ3v) is 6.58. The minimum atomic E-state index is -0.504. The fourth-order valence-electron chi connectivity index (χ4n) is 3.78. The molecule has 0 radical (unpaired) electrons. The highest BCUT2D eigenvalue weighted by Crippen LogP contribution is 2.28. The van der Waals surface area contributed by atoms with Crippen LogP contribution in [-0.2, 0) is 4.74 Å². The molecule has 0 atom stereocenters. The number of Topliss-reactive ketones (excluding diaryl/α,β-unsaturated/α-hetero) is 1. The van der Waals surface area contributed by atoms with E-state index in [0.717, 1.165) is 10.6 Å². The van der Waals surface area contributed by atoms with Gasteiger partial charge in [-0.15, -0.1) is 11.8 Å². The van der Waals surface area contributed by atoms with Gasteiger partial charge in [-0.2, -0.15) is 0 Å². The minimum Gasteiger partial charge on any atom is -0.444 e. The van der Waals surface area contributed by atoms with E-state index >= 15 is 0 Å². The van der Waals surface area contributed by atoms with E-state index < -0.39 is 5.60 Å². The van der Waals surface area contributed by atoms with Crippen molar-refractivity contribution < 1.29 is 18.7 Å². The van der Waals surface area contributed by atoms with Gasteiger partial charge in [0.2, 0.25) is 0 Å². The van der Waals surface area contributed by atoms with Crippen LogP contribution in [0.15, 0.2) is 59.6 Å². The average Bonchev–Trinajstić information content (AvgIpc) is 2.81. The van der Waals surface area contributed by atoms with Crippen molar-refractivity contribution in [2.75, 3.05) is 36.8 Å². The number of carbonyl (C=O) groups excluding carboxylic acids is 2. The van der Waals surface area contributed by atoms with Crippen LogP contribution in [0.3, 0.4) is 0 Å². The van der Waals surface area contributed by atoms with Crippen molar-refractivity contribution in [1.82, 2.24) is 9.88 Å². The Hall–Kier alpha value is -3.13. The molecule has 0 N–H and O–H groups in total. The van der Waals surface area contributed by atoms with Crippen molar-refractivity contribution in [1.29, 1.82) is 0 Å². The average molecular weight is 482 g/mol. The van der Waals surface area contributed by atoms with Crippen molar-refractivity contribution in [2.24, 2.45) is 0 Å². The van der Waals surface area contributed by atoms with E-state index in [4.69, 9.17) is 4.74 Å². The predicted molar refractivity (Wildman–Crippen MR) is 133 cm³/mol. The Bertz CT molecular complexity index is 1190. The highest BCUT2D eigenvalue weighted by molar-refractivity contribution is 8.00. The maximum Gasteiger partial charge on any atom is 0.410 e. The number of nitrogens with zero attached hydrogens (tertiary/aromatic N) is 3. The molecule has 1 aromatic heterocycles. The standard InChI is InChI=1S/C26H28FN3O3S/c1-26(2,3)33-25(32)30-14-12-29(13-15-30)20-7-4-18(5-8-20)23(31)17-34-24-10-11-28-22-9-6-19(27)16-21(22)24/h4-11,16H,12-15,17H2,1-3H3. The summed E-state index contributed by atoms with van der Waals surface area (Å²) in [7, 11) is 0. The topological polar surface area (TPSA) is 62.7 Å². The zero-order valence-electron chi connectivity index (χ0n) is 19.6. The summed E-state index contributed by atoms with van der Waals surface area (Å²) in [5.74, 6) is -0.0624. The summed E-state index contributed by atoms with van der Waals surface area (Å²) in [6.07, 6.45) is 1.39. The molecule has 2 aromatic carbocycles. The Morgan fingerprint density at radius 2 is 1.74 bits per heavy atom. The van der Waals surface area contributed by atoms with Crippen LogP contribution in [0.25, 0.3) is 10.9 Å². The molecular formula is C26H28FN3O3S. The lowest BCUT2D eigenvalue weighted by molar-refractivity contribution is 0.0240. The normalized spacial score (nSPS) is 14.4. The van der Waals surface area contributed by atoms with Crippen LogP contribution in [0.4, 0.5) is 14.9 Å². The zero-order chi connectivity index (χ0) is 24.3. The molecule has 34 heavy (non-hydrogen) atoms. The SMILES string of the molecule is CC(C)(C)OC(=O)N1CCN(c2ccc(C(=O)CSc3ccnc4ccc(F)cc34)cc2)CC1. The van der Waals surface area contributed by atoms with Gasteiger partial charge in [0.05, 0.1) is 11.3 Å². The van der Waals surface area contributed by atoms with E-state index in [-0.39, 0.29) is 23.4 Å². The largest absolute Gasteiger partial charge is 0.444 e. The Kier molecular flexibility index (Phi) is 7.07. The first-order chi connectivity index (χ1) is 16.2. The van der Waals surface area contributed by atoms with Gasteiger partial charge in [-0.05, 0) is 69.3 Å². The second-order valence-corrected chi connectivity index (χ2v) is 10.2. The van der Waals surface area contributed by atoms with Gasteiger partial charge in [-0.1, -0.05) is 0 Å². The van der Waals surface area contributed by atoms with Crippen LogP contribution in [-0.4, -0.2) is 59.3 Å². The Balaban J connectivity index is 1.33. The smallest absolute Gasteiger partial charge is 0.410 e. The molecule has 2 heterocycles. The van der Waals surface area contributed by atoms with Crippen LogP contribution in [0.1, 0.15) is 31.1 Å². The lowest BCUT2D eigenvalue weighted by atomic mass is 10.1. The third-order valence-electron chi connectivity index (χ3n) is 5.51. The molecule has 0 aliphatic carbocycles. The zero-order valence-corrected chi connectivity index (χ0v) is 20.4. The molecule has 3 aromatic rings. The van der Waals surface area contributed by atoms with Crippen LogP contribution < -0.4 is 4.90 Å². The number of hydrogen-bond donors (Lipinski definition) is 0. The van der Waals surface area contributed by atoms with Crippen molar-refractivity contribution >= 4 is 40.2 Å². The summed E-state index contributed by atoms with van der Waals surface area (Å²) in [5, 5.41) is 0.709. The molecule has 0 bridgehead atoms. The number of rotatable bonds is 5. The van der Waals surface area contributed by atoms with Crippen LogP contribution in [0.2, 0.25) is 0 Å². The van der Waals surface area contributed by atoms with Gasteiger partial charge in [0, 0.05) is 53.9 Å². The van der Waals surface area contributed by atoms with Crippen LogP contribution in [0, 0.1) is 5.82 Å². The lowest BCUT2D eigenvalue weighted by Gasteiger charge is -2.36. The number of carbonyl (C=O) groups is 2. The summed E-state index contributed by atoms with van der Waals surface area (Å²) >= 11 is 1.38. The number of amides is 1. The van der Waals surface area contributed by atoms with E-state index in [0.29, 0.717) is 42.6 Å². The highest BCUT2D eigenvalue weighted by Gasteiger charge is 2.26. The van der Waals surface area contributed by atoms with Crippen molar-refractivity contribution in [3.63, 3.8) is 0 Å². The van der Waals surface area contributed by atoms with Crippen molar-refractivity contribution in [3.8, 4) is 0 Å². The molecule has 178 valence electrons. The number of ether oxygens (including phenoxy) is 1. The molecule has 1 aliphatic heterocycles. The molecule has 1 amide bonds. The second kappa shape index (κ2) is 10.0. The first kappa shape index (κ1) is 24.0. The molecule has 0 saturated carbocycles. The van der Waals surface area contributed by atoms with Gasteiger partial charge < -0.3 is 14.5 Å². The number of ketones is 1. The minimum absolute atomic E-state index is 0.00709. The molecule has 6 nitrogen and oxygen atoms in total. The second-order valence-electron chi connectivity index (χ2n) is 9.18. The first-order valence-corrected chi connectivity index (χ1v) is 12.2. The molecule has 8 heteroatoms. The summed E-state index contributed by atoms with van der Waals surface area (Å²) in [4.78, 5) is 34.0. The summed E-state index contributed by atoms with van der Waals surface area (Å²) < 4.78 is 19.1. The fraction of sp³-hybridized carbons (Fsp3) is 0.346. The molecule has 4 rings (SSSR count). The van der Waals surface area contributed by atoms with Gasteiger partial charge in [0.25, 0.3) is 0 Å². The van der Waals surface area contributed by atoms with Gasteiger partial charge in [-0.25, -0.2) is 9.18 Å². The number of piperazine rings is 1.